The van der Waals surface area contributed by atoms with Gasteiger partial charge in [0.2, 0.25) is 0 Å². The number of H-pyrrole nitrogens is 1. The molecule has 0 unspecified atom stereocenters. The van der Waals surface area contributed by atoms with Crippen molar-refractivity contribution in [2.75, 3.05) is 19.7 Å². The number of halogens is 1. The molecule has 0 atom stereocenters. The predicted molar refractivity (Wildman–Crippen MR) is 109 cm³/mol. The number of aromatic amines is 1. The molecule has 1 saturated carbocycles. The molecule has 0 amide bonds. The van der Waals surface area contributed by atoms with Crippen molar-refractivity contribution in [1.29, 1.82) is 0 Å². The first-order valence-electron chi connectivity index (χ1n) is 10.7. The predicted octanol–water partition coefficient (Wildman–Crippen LogP) is 4.15. The fourth-order valence-electron chi connectivity index (χ4n) is 5.21. The van der Waals surface area contributed by atoms with Gasteiger partial charge >= 0.3 is 5.69 Å². The number of imidazole rings is 1. The van der Waals surface area contributed by atoms with Gasteiger partial charge in [-0.25, -0.2) is 9.18 Å². The normalized spacial score (nSPS) is 27.5. The van der Waals surface area contributed by atoms with Gasteiger partial charge in [0.1, 0.15) is 5.82 Å². The molecule has 154 valence electrons. The molecule has 2 aliphatic rings. The highest BCUT2D eigenvalue weighted by Crippen LogP contribution is 2.38. The first-order chi connectivity index (χ1) is 13.4. The molecule has 5 nitrogen and oxygen atoms in total. The second-order valence-corrected chi connectivity index (χ2v) is 8.79. The van der Waals surface area contributed by atoms with Crippen LogP contribution in [0.4, 0.5) is 4.39 Å². The molecule has 1 aromatic heterocycles. The minimum atomic E-state index is -0.272. The SMILES string of the molecule is CCO[C@H]1CC[C@](C)(N2CCC(n3c(=O)[nH]c4cc(F)c(C)cc43)CC2)CC1. The highest BCUT2D eigenvalue weighted by Gasteiger charge is 2.38. The number of hydrogen-bond donors (Lipinski definition) is 1. The average molecular weight is 390 g/mol. The summed E-state index contributed by atoms with van der Waals surface area (Å²) in [7, 11) is 0. The van der Waals surface area contributed by atoms with Gasteiger partial charge in [0, 0.05) is 31.3 Å². The van der Waals surface area contributed by atoms with Crippen LogP contribution >= 0.6 is 0 Å². The van der Waals surface area contributed by atoms with Gasteiger partial charge in [0.05, 0.1) is 17.1 Å². The first kappa shape index (κ1) is 19.6. The molecule has 2 fully saturated rings. The van der Waals surface area contributed by atoms with E-state index in [-0.39, 0.29) is 23.1 Å². The third-order valence-corrected chi connectivity index (χ3v) is 7.00. The summed E-state index contributed by atoms with van der Waals surface area (Å²) < 4.78 is 21.5. The lowest BCUT2D eigenvalue weighted by Crippen LogP contribution is -2.53. The Morgan fingerprint density at radius 2 is 1.89 bits per heavy atom. The van der Waals surface area contributed by atoms with Gasteiger partial charge < -0.3 is 9.72 Å². The fraction of sp³-hybridized carbons (Fsp3) is 0.682. The summed E-state index contributed by atoms with van der Waals surface area (Å²) in [5.74, 6) is -0.272. The molecular weight excluding hydrogens is 357 g/mol. The third kappa shape index (κ3) is 3.52. The van der Waals surface area contributed by atoms with Crippen LogP contribution in [0, 0.1) is 12.7 Å². The molecule has 1 aromatic carbocycles. The number of fused-ring (bicyclic) bond motifs is 1. The number of rotatable bonds is 4. The van der Waals surface area contributed by atoms with E-state index in [0.29, 0.717) is 17.2 Å². The van der Waals surface area contributed by atoms with E-state index in [1.807, 2.05) is 4.57 Å². The molecule has 0 bridgehead atoms. The lowest BCUT2D eigenvalue weighted by Gasteiger charge is -2.48. The number of nitrogens with one attached hydrogen (secondary N) is 1. The van der Waals surface area contributed by atoms with Gasteiger partial charge in [0.15, 0.2) is 0 Å². The molecule has 4 rings (SSSR count). The highest BCUT2D eigenvalue weighted by atomic mass is 19.1. The summed E-state index contributed by atoms with van der Waals surface area (Å²) >= 11 is 0. The van der Waals surface area contributed by atoms with E-state index in [1.165, 1.54) is 18.9 Å². The third-order valence-electron chi connectivity index (χ3n) is 7.00. The van der Waals surface area contributed by atoms with Crippen molar-refractivity contribution < 1.29 is 9.13 Å². The average Bonchev–Trinajstić information content (AvgIpc) is 2.99. The van der Waals surface area contributed by atoms with Gasteiger partial charge in [-0.05, 0) is 77.0 Å². The van der Waals surface area contributed by atoms with E-state index in [1.54, 1.807) is 13.0 Å². The van der Waals surface area contributed by atoms with Crippen molar-refractivity contribution in [2.45, 2.75) is 77.0 Å². The number of piperidine rings is 1. The summed E-state index contributed by atoms with van der Waals surface area (Å²) in [4.78, 5) is 18.0. The first-order valence-corrected chi connectivity index (χ1v) is 10.7. The molecule has 0 radical (unpaired) electrons. The van der Waals surface area contributed by atoms with Gasteiger partial charge in [0.25, 0.3) is 0 Å². The quantitative estimate of drug-likeness (QED) is 0.855. The summed E-state index contributed by atoms with van der Waals surface area (Å²) in [6.45, 7) is 9.01. The van der Waals surface area contributed by atoms with Crippen molar-refractivity contribution in [3.8, 4) is 0 Å². The highest BCUT2D eigenvalue weighted by molar-refractivity contribution is 5.76. The zero-order valence-electron chi connectivity index (χ0n) is 17.3. The van der Waals surface area contributed by atoms with Gasteiger partial charge in [-0.15, -0.1) is 0 Å². The van der Waals surface area contributed by atoms with Crippen LogP contribution in [-0.4, -0.2) is 45.8 Å². The lowest BCUT2D eigenvalue weighted by atomic mass is 9.79. The van der Waals surface area contributed by atoms with Gasteiger partial charge in [-0.1, -0.05) is 0 Å². The Labute approximate surface area is 165 Å². The fourth-order valence-corrected chi connectivity index (χ4v) is 5.21. The van der Waals surface area contributed by atoms with Crippen molar-refractivity contribution in [1.82, 2.24) is 14.5 Å². The molecule has 2 heterocycles. The number of likely N-dealkylation sites (tertiary alicyclic amines) is 1. The minimum Gasteiger partial charge on any atom is -0.379 e. The van der Waals surface area contributed by atoms with Crippen molar-refractivity contribution in [2.24, 2.45) is 0 Å². The van der Waals surface area contributed by atoms with Crippen molar-refractivity contribution >= 4 is 11.0 Å². The van der Waals surface area contributed by atoms with E-state index >= 15 is 0 Å². The maximum Gasteiger partial charge on any atom is 0.326 e. The van der Waals surface area contributed by atoms with Crippen molar-refractivity contribution in [3.05, 3.63) is 34.0 Å². The zero-order valence-corrected chi connectivity index (χ0v) is 17.3. The van der Waals surface area contributed by atoms with E-state index < -0.39 is 0 Å². The number of aryl methyl sites for hydroxylation is 1. The zero-order chi connectivity index (χ0) is 19.9. The number of benzene rings is 1. The van der Waals surface area contributed by atoms with Gasteiger partial charge in [-0.3, -0.25) is 9.47 Å². The smallest absolute Gasteiger partial charge is 0.326 e. The van der Waals surface area contributed by atoms with Crippen LogP contribution in [0.5, 0.6) is 0 Å². The second-order valence-electron chi connectivity index (χ2n) is 8.79. The molecule has 1 saturated heterocycles. The number of nitrogens with zero attached hydrogens (tertiary/aromatic N) is 2. The van der Waals surface area contributed by atoms with E-state index in [0.717, 1.165) is 50.9 Å². The Hall–Kier alpha value is -1.66. The van der Waals surface area contributed by atoms with Crippen LogP contribution in [-0.2, 0) is 4.74 Å². The molecule has 1 N–H and O–H groups in total. The van der Waals surface area contributed by atoms with E-state index in [2.05, 4.69) is 23.7 Å². The van der Waals surface area contributed by atoms with Crippen LogP contribution in [0.15, 0.2) is 16.9 Å². The Morgan fingerprint density at radius 3 is 2.54 bits per heavy atom. The molecule has 2 aromatic rings. The van der Waals surface area contributed by atoms with E-state index in [4.69, 9.17) is 4.74 Å². The summed E-state index contributed by atoms with van der Waals surface area (Å²) in [5, 5.41) is 0. The topological polar surface area (TPSA) is 50.3 Å². The van der Waals surface area contributed by atoms with Crippen LogP contribution in [0.3, 0.4) is 0 Å². The summed E-state index contributed by atoms with van der Waals surface area (Å²) in [6, 6.07) is 3.41. The van der Waals surface area contributed by atoms with E-state index in [9.17, 15) is 9.18 Å². The van der Waals surface area contributed by atoms with Crippen LogP contribution < -0.4 is 5.69 Å². The second kappa shape index (κ2) is 7.64. The summed E-state index contributed by atoms with van der Waals surface area (Å²) in [5.41, 5.74) is 2.12. The number of aromatic nitrogens is 2. The minimum absolute atomic E-state index is 0.123. The Kier molecular flexibility index (Phi) is 5.36. The Morgan fingerprint density at radius 1 is 1.21 bits per heavy atom. The molecule has 1 aliphatic heterocycles. The summed E-state index contributed by atoms with van der Waals surface area (Å²) in [6.07, 6.45) is 6.95. The molecular formula is C22H32FN3O2. The maximum absolute atomic E-state index is 13.9. The molecule has 0 spiro atoms. The largest absolute Gasteiger partial charge is 0.379 e. The van der Waals surface area contributed by atoms with Gasteiger partial charge in [-0.2, -0.15) is 0 Å². The molecule has 1 aliphatic carbocycles. The molecule has 6 heteroatoms. The number of hydrogen-bond acceptors (Lipinski definition) is 3. The van der Waals surface area contributed by atoms with Crippen LogP contribution in [0.2, 0.25) is 0 Å². The maximum atomic E-state index is 13.9. The lowest BCUT2D eigenvalue weighted by molar-refractivity contribution is -0.0273. The standard InChI is InChI=1S/C22H32FN3O2/c1-4-28-17-5-9-22(3,10-6-17)25-11-7-16(8-12-25)26-20-13-15(2)18(23)14-19(20)24-21(26)27/h13-14,16-17H,4-12H2,1-3H3,(H,24,27)/t17-,22-. The Balaban J connectivity index is 1.46. The number of ether oxygens (including phenoxy) is 1. The Bertz CT molecular complexity index is 887. The van der Waals surface area contributed by atoms with Crippen LogP contribution in [0.1, 0.15) is 64.0 Å². The van der Waals surface area contributed by atoms with Crippen molar-refractivity contribution in [3.63, 3.8) is 0 Å². The van der Waals surface area contributed by atoms with Crippen LogP contribution in [0.25, 0.3) is 11.0 Å². The molecule has 28 heavy (non-hydrogen) atoms. The monoisotopic (exact) mass is 389 g/mol.